The van der Waals surface area contributed by atoms with E-state index in [0.29, 0.717) is 17.1 Å². The van der Waals surface area contributed by atoms with Crippen LogP contribution in [-0.2, 0) is 29.4 Å². The molecule has 1 N–H and O–H groups in total. The highest BCUT2D eigenvalue weighted by Gasteiger charge is 2.30. The molecular weight excluding hydrogens is 386 g/mol. The molecule has 0 unspecified atom stereocenters. The Kier molecular flexibility index (Phi) is 6.06. The van der Waals surface area contributed by atoms with Crippen molar-refractivity contribution in [2.75, 3.05) is 25.5 Å². The Balaban J connectivity index is 1.51. The molecule has 29 heavy (non-hydrogen) atoms. The standard InChI is InChI=1S/C22H29N3O3S/c1-24-12-6-9-16(24)17-10-7-13-25(17)14-19(26)23-21-20(22(27)28-2)15-8-4-3-5-11-18(15)29-21/h6,9,12,17H,3-5,7-8,10-11,13-14H2,1-2H3,(H,23,26)/t17-/m1/s1. The Morgan fingerprint density at radius 2 is 2.07 bits per heavy atom. The fraction of sp³-hybridized carbons (Fsp3) is 0.545. The molecule has 0 saturated carbocycles. The lowest BCUT2D eigenvalue weighted by Gasteiger charge is -2.24. The molecule has 0 aromatic carbocycles. The molecular formula is C22H29N3O3S. The Labute approximate surface area is 175 Å². The zero-order valence-electron chi connectivity index (χ0n) is 17.2. The summed E-state index contributed by atoms with van der Waals surface area (Å²) in [4.78, 5) is 28.8. The van der Waals surface area contributed by atoms with Gasteiger partial charge in [-0.15, -0.1) is 11.3 Å². The Morgan fingerprint density at radius 1 is 1.24 bits per heavy atom. The van der Waals surface area contributed by atoms with Crippen LogP contribution in [0.2, 0.25) is 0 Å². The Hall–Kier alpha value is -2.12. The number of nitrogens with zero attached hydrogens (tertiary/aromatic N) is 2. The second kappa shape index (κ2) is 8.71. The lowest BCUT2D eigenvalue weighted by molar-refractivity contribution is -0.117. The number of thiophene rings is 1. The normalized spacial score (nSPS) is 19.6. The summed E-state index contributed by atoms with van der Waals surface area (Å²) in [5.41, 5.74) is 2.90. The van der Waals surface area contributed by atoms with Gasteiger partial charge in [-0.25, -0.2) is 4.79 Å². The molecule has 3 heterocycles. The van der Waals surface area contributed by atoms with E-state index in [-0.39, 0.29) is 17.9 Å². The molecule has 1 saturated heterocycles. The number of aryl methyl sites for hydroxylation is 2. The minimum atomic E-state index is -0.345. The van der Waals surface area contributed by atoms with Crippen molar-refractivity contribution >= 4 is 28.2 Å². The highest BCUT2D eigenvalue weighted by molar-refractivity contribution is 7.17. The zero-order chi connectivity index (χ0) is 20.4. The second-order valence-corrected chi connectivity index (χ2v) is 9.09. The summed E-state index contributed by atoms with van der Waals surface area (Å²) in [6, 6.07) is 4.45. The third-order valence-corrected chi connectivity index (χ3v) is 7.31. The number of likely N-dealkylation sites (tertiary alicyclic amines) is 1. The number of hydrogen-bond donors (Lipinski definition) is 1. The van der Waals surface area contributed by atoms with Crippen LogP contribution in [0.5, 0.6) is 0 Å². The quantitative estimate of drug-likeness (QED) is 0.594. The molecule has 2 aromatic heterocycles. The number of aromatic nitrogens is 1. The molecule has 1 fully saturated rings. The molecule has 0 spiro atoms. The van der Waals surface area contributed by atoms with E-state index in [0.717, 1.165) is 50.6 Å². The van der Waals surface area contributed by atoms with Gasteiger partial charge in [-0.2, -0.15) is 0 Å². The first-order valence-electron chi connectivity index (χ1n) is 10.5. The van der Waals surface area contributed by atoms with E-state index in [9.17, 15) is 9.59 Å². The summed E-state index contributed by atoms with van der Waals surface area (Å²) in [5, 5.41) is 3.70. The van der Waals surface area contributed by atoms with Crippen molar-refractivity contribution in [2.45, 2.75) is 51.0 Å². The van der Waals surface area contributed by atoms with Gasteiger partial charge in [0.15, 0.2) is 0 Å². The Bertz CT molecular complexity index is 901. The number of hydrogen-bond acceptors (Lipinski definition) is 5. The number of ether oxygens (including phenoxy) is 1. The SMILES string of the molecule is COC(=O)c1c(NC(=O)CN2CCC[C@@H]2c2cccn2C)sc2c1CCCCC2. The third-order valence-electron chi connectivity index (χ3n) is 6.10. The Morgan fingerprint density at radius 3 is 2.83 bits per heavy atom. The first-order valence-corrected chi connectivity index (χ1v) is 11.3. The van der Waals surface area contributed by atoms with E-state index in [2.05, 4.69) is 20.9 Å². The van der Waals surface area contributed by atoms with Crippen LogP contribution in [0.3, 0.4) is 0 Å². The van der Waals surface area contributed by atoms with Crippen LogP contribution < -0.4 is 5.32 Å². The summed E-state index contributed by atoms with van der Waals surface area (Å²) < 4.78 is 7.17. The maximum Gasteiger partial charge on any atom is 0.341 e. The van der Waals surface area contributed by atoms with Crippen LogP contribution >= 0.6 is 11.3 Å². The maximum absolute atomic E-state index is 12.9. The van der Waals surface area contributed by atoms with E-state index in [1.54, 1.807) is 11.3 Å². The molecule has 4 rings (SSSR count). The zero-order valence-corrected chi connectivity index (χ0v) is 18.0. The maximum atomic E-state index is 12.9. The predicted molar refractivity (Wildman–Crippen MR) is 115 cm³/mol. The molecule has 156 valence electrons. The average Bonchev–Trinajstić information content (AvgIpc) is 3.36. The van der Waals surface area contributed by atoms with Gasteiger partial charge in [0.05, 0.1) is 25.3 Å². The van der Waals surface area contributed by atoms with Gasteiger partial charge in [-0.1, -0.05) is 6.42 Å². The largest absolute Gasteiger partial charge is 0.465 e. The number of carbonyl (C=O) groups excluding carboxylic acids is 2. The van der Waals surface area contributed by atoms with Crippen molar-refractivity contribution in [2.24, 2.45) is 7.05 Å². The number of fused-ring (bicyclic) bond motifs is 1. The fourth-order valence-electron chi connectivity index (χ4n) is 4.67. The molecule has 1 atom stereocenters. The number of anilines is 1. The molecule has 7 heteroatoms. The summed E-state index contributed by atoms with van der Waals surface area (Å²) in [7, 11) is 3.46. The smallest absolute Gasteiger partial charge is 0.341 e. The van der Waals surface area contributed by atoms with E-state index in [1.165, 1.54) is 24.1 Å². The van der Waals surface area contributed by atoms with Gasteiger partial charge in [-0.3, -0.25) is 9.69 Å². The molecule has 1 amide bonds. The van der Waals surface area contributed by atoms with Crippen molar-refractivity contribution in [3.8, 4) is 0 Å². The van der Waals surface area contributed by atoms with Crippen molar-refractivity contribution in [1.29, 1.82) is 0 Å². The van der Waals surface area contributed by atoms with Crippen molar-refractivity contribution < 1.29 is 14.3 Å². The van der Waals surface area contributed by atoms with Crippen LogP contribution in [0.4, 0.5) is 5.00 Å². The number of esters is 1. The monoisotopic (exact) mass is 415 g/mol. The summed E-state index contributed by atoms with van der Waals surface area (Å²) >= 11 is 1.55. The van der Waals surface area contributed by atoms with Crippen LogP contribution in [0.15, 0.2) is 18.3 Å². The molecule has 1 aliphatic heterocycles. The highest BCUT2D eigenvalue weighted by Crippen LogP contribution is 2.38. The lowest BCUT2D eigenvalue weighted by Crippen LogP contribution is -2.33. The van der Waals surface area contributed by atoms with Crippen LogP contribution in [0.25, 0.3) is 0 Å². The molecule has 2 aromatic rings. The van der Waals surface area contributed by atoms with Gasteiger partial charge in [0.1, 0.15) is 5.00 Å². The van der Waals surface area contributed by atoms with E-state index >= 15 is 0 Å². The average molecular weight is 416 g/mol. The number of amides is 1. The van der Waals surface area contributed by atoms with E-state index in [1.807, 2.05) is 19.3 Å². The predicted octanol–water partition coefficient (Wildman–Crippen LogP) is 3.92. The third kappa shape index (κ3) is 4.12. The van der Waals surface area contributed by atoms with Gasteiger partial charge < -0.3 is 14.6 Å². The van der Waals surface area contributed by atoms with Gasteiger partial charge in [-0.05, 0) is 62.8 Å². The summed E-state index contributed by atoms with van der Waals surface area (Å²) in [6.45, 7) is 1.24. The topological polar surface area (TPSA) is 63.6 Å². The van der Waals surface area contributed by atoms with Crippen LogP contribution in [-0.4, -0.2) is 41.5 Å². The number of methoxy groups -OCH3 is 1. The van der Waals surface area contributed by atoms with Crippen molar-refractivity contribution in [3.63, 3.8) is 0 Å². The van der Waals surface area contributed by atoms with Gasteiger partial charge >= 0.3 is 5.97 Å². The second-order valence-electron chi connectivity index (χ2n) is 7.98. The number of nitrogens with one attached hydrogen (secondary N) is 1. The molecule has 6 nitrogen and oxygen atoms in total. The van der Waals surface area contributed by atoms with E-state index in [4.69, 9.17) is 4.74 Å². The van der Waals surface area contributed by atoms with Crippen molar-refractivity contribution in [3.05, 3.63) is 40.0 Å². The minimum absolute atomic E-state index is 0.0623. The van der Waals surface area contributed by atoms with Gasteiger partial charge in [0, 0.05) is 23.8 Å². The molecule has 1 aliphatic carbocycles. The first-order chi connectivity index (χ1) is 14.1. The lowest BCUT2D eigenvalue weighted by atomic mass is 10.1. The summed E-state index contributed by atoms with van der Waals surface area (Å²) in [5.74, 6) is -0.407. The molecule has 2 aliphatic rings. The fourth-order valence-corrected chi connectivity index (χ4v) is 5.96. The highest BCUT2D eigenvalue weighted by atomic mass is 32.1. The minimum Gasteiger partial charge on any atom is -0.465 e. The van der Waals surface area contributed by atoms with Gasteiger partial charge in [0.25, 0.3) is 0 Å². The van der Waals surface area contributed by atoms with Crippen molar-refractivity contribution in [1.82, 2.24) is 9.47 Å². The number of carbonyl (C=O) groups is 2. The van der Waals surface area contributed by atoms with E-state index < -0.39 is 0 Å². The summed E-state index contributed by atoms with van der Waals surface area (Å²) in [6.07, 6.45) is 9.44. The molecule has 0 bridgehead atoms. The number of rotatable bonds is 5. The van der Waals surface area contributed by atoms with Crippen LogP contribution in [0.1, 0.15) is 64.6 Å². The van der Waals surface area contributed by atoms with Gasteiger partial charge in [0.2, 0.25) is 5.91 Å². The first kappa shape index (κ1) is 20.2. The molecule has 0 radical (unpaired) electrons. The van der Waals surface area contributed by atoms with Crippen LogP contribution in [0, 0.1) is 0 Å².